The van der Waals surface area contributed by atoms with Gasteiger partial charge in [0, 0.05) is 6.07 Å². The topological polar surface area (TPSA) is 74.1 Å². The molecule has 1 aromatic heterocycles. The molecule has 0 unspecified atom stereocenters. The Balaban J connectivity index is 2.34. The summed E-state index contributed by atoms with van der Waals surface area (Å²) in [5.74, 6) is -0.843. The number of methoxy groups -OCH3 is 1. The molecule has 3 rings (SSSR count). The predicted molar refractivity (Wildman–Crippen MR) is 118 cm³/mol. The number of phenolic OH excluding ortho intramolecular Hbond substituents is 1. The van der Waals surface area contributed by atoms with E-state index in [2.05, 4.69) is 11.8 Å². The van der Waals surface area contributed by atoms with Gasteiger partial charge in [-0.1, -0.05) is 33.0 Å². The van der Waals surface area contributed by atoms with Crippen molar-refractivity contribution in [3.05, 3.63) is 51.6 Å². The smallest absolute Gasteiger partial charge is 0.446 e. The van der Waals surface area contributed by atoms with Crippen LogP contribution < -0.4 is 9.31 Å². The first-order valence-electron chi connectivity index (χ1n) is 9.01. The highest BCUT2D eigenvalue weighted by Gasteiger charge is 2.41. The van der Waals surface area contributed by atoms with Crippen LogP contribution in [-0.4, -0.2) is 34.2 Å². The van der Waals surface area contributed by atoms with E-state index in [-0.39, 0.29) is 17.2 Å². The lowest BCUT2D eigenvalue weighted by atomic mass is 10.2. The summed E-state index contributed by atoms with van der Waals surface area (Å²) in [4.78, 5) is -0.725. The van der Waals surface area contributed by atoms with Gasteiger partial charge >= 0.3 is 17.5 Å². The van der Waals surface area contributed by atoms with E-state index >= 15 is 0 Å². The number of hydrogen-bond acceptors (Lipinski definition) is 5. The van der Waals surface area contributed by atoms with E-state index in [1.165, 1.54) is 25.3 Å². The fourth-order valence-corrected chi connectivity index (χ4v) is 4.32. The molecule has 6 nitrogen and oxygen atoms in total. The van der Waals surface area contributed by atoms with E-state index in [4.69, 9.17) is 27.9 Å². The number of aromatic hydroxyl groups is 1. The lowest BCUT2D eigenvalue weighted by molar-refractivity contribution is -0.137. The number of phenols is 1. The number of rotatable bonds is 5. The maximum Gasteiger partial charge on any atom is 0.446 e. The molecular weight excluding hydrogens is 545 g/mol. The third-order valence-corrected chi connectivity index (χ3v) is 5.82. The van der Waals surface area contributed by atoms with Crippen molar-refractivity contribution in [2.24, 2.45) is 0 Å². The minimum atomic E-state index is -4.88. The molecular formula is C20H11Cl2F6N4O2S+. The predicted octanol–water partition coefficient (Wildman–Crippen LogP) is 6.93. The Morgan fingerprint density at radius 3 is 2.20 bits per heavy atom. The number of nitriles is 1. The van der Waals surface area contributed by atoms with Crippen LogP contribution in [0, 0.1) is 11.3 Å². The second kappa shape index (κ2) is 9.52. The van der Waals surface area contributed by atoms with E-state index in [0.29, 0.717) is 16.8 Å². The van der Waals surface area contributed by atoms with Gasteiger partial charge in [-0.25, -0.2) is 4.58 Å². The van der Waals surface area contributed by atoms with Gasteiger partial charge < -0.3 is 9.84 Å². The van der Waals surface area contributed by atoms with Crippen LogP contribution in [0.2, 0.25) is 10.0 Å². The fourth-order valence-electron chi connectivity index (χ4n) is 2.97. The lowest BCUT2D eigenvalue weighted by Gasteiger charge is -2.12. The molecule has 35 heavy (non-hydrogen) atoms. The Labute approximate surface area is 207 Å². The van der Waals surface area contributed by atoms with Crippen molar-refractivity contribution in [2.75, 3.05) is 7.11 Å². The molecule has 184 valence electrons. The number of hydrogen-bond donors (Lipinski definition) is 1. The van der Waals surface area contributed by atoms with Crippen molar-refractivity contribution in [1.82, 2.24) is 14.4 Å². The van der Waals surface area contributed by atoms with Crippen LogP contribution in [-0.2, 0) is 6.18 Å². The number of thioether (sulfide) groups is 1. The molecule has 0 saturated heterocycles. The molecule has 0 aliphatic carbocycles. The van der Waals surface area contributed by atoms with Gasteiger partial charge in [0.05, 0.1) is 29.4 Å². The minimum absolute atomic E-state index is 0.0112. The summed E-state index contributed by atoms with van der Waals surface area (Å²) < 4.78 is 86.1. The number of benzene rings is 2. The van der Waals surface area contributed by atoms with Gasteiger partial charge in [0.1, 0.15) is 16.7 Å². The van der Waals surface area contributed by atoms with Gasteiger partial charge in [-0.05, 0) is 36.0 Å². The largest absolute Gasteiger partial charge is 0.504 e. The lowest BCUT2D eigenvalue weighted by Crippen LogP contribution is -2.12. The second-order valence-corrected chi connectivity index (χ2v) is 8.53. The zero-order chi connectivity index (χ0) is 26.3. The number of nitrogens with zero attached hydrogens (tertiary/aromatic N) is 4. The molecule has 1 heterocycles. The summed E-state index contributed by atoms with van der Waals surface area (Å²) in [5.41, 5.74) is -7.22. The van der Waals surface area contributed by atoms with Crippen LogP contribution in [0.15, 0.2) is 35.2 Å². The molecule has 0 atom stereocenters. The molecule has 0 radical (unpaired) electrons. The Kier molecular flexibility index (Phi) is 7.21. The molecule has 1 N–H and O–H groups in total. The first-order chi connectivity index (χ1) is 16.2. The van der Waals surface area contributed by atoms with Crippen LogP contribution in [0.5, 0.6) is 11.5 Å². The van der Waals surface area contributed by atoms with Gasteiger partial charge in [-0.2, -0.15) is 31.6 Å². The molecule has 0 amide bonds. The maximum atomic E-state index is 13.4. The highest BCUT2D eigenvalue weighted by Crippen LogP contribution is 2.47. The Bertz CT molecular complexity index is 1340. The van der Waals surface area contributed by atoms with E-state index < -0.39 is 61.1 Å². The SMILES string of the molecule is C=[N+](c1ccc(OC)c(O)c1)c1c(SC(F)(F)F)c(C#N)nn1-c1c(Cl)cc(C(F)(F)F)cc1Cl. The summed E-state index contributed by atoms with van der Waals surface area (Å²) in [6, 6.07) is 6.28. The molecule has 0 spiro atoms. The second-order valence-electron chi connectivity index (χ2n) is 6.64. The van der Waals surface area contributed by atoms with Crippen molar-refractivity contribution < 1.29 is 36.2 Å². The Hall–Kier alpha value is -3.08. The summed E-state index contributed by atoms with van der Waals surface area (Å²) in [7, 11) is 1.28. The van der Waals surface area contributed by atoms with Crippen LogP contribution in [0.1, 0.15) is 11.3 Å². The van der Waals surface area contributed by atoms with E-state index in [1.54, 1.807) is 0 Å². The molecule has 0 aliphatic heterocycles. The third-order valence-electron chi connectivity index (χ3n) is 4.43. The zero-order valence-corrected chi connectivity index (χ0v) is 19.5. The van der Waals surface area contributed by atoms with Gasteiger partial charge in [0.25, 0.3) is 0 Å². The maximum absolute atomic E-state index is 13.4. The van der Waals surface area contributed by atoms with E-state index in [9.17, 15) is 36.7 Å². The fraction of sp³-hybridized carbons (Fsp3) is 0.150. The van der Waals surface area contributed by atoms with Crippen LogP contribution >= 0.6 is 35.0 Å². The number of halogens is 8. The Morgan fingerprint density at radius 2 is 1.74 bits per heavy atom. The van der Waals surface area contributed by atoms with E-state index in [0.717, 1.165) is 10.6 Å². The van der Waals surface area contributed by atoms with Gasteiger partial charge in [0.15, 0.2) is 17.2 Å². The summed E-state index contributed by atoms with van der Waals surface area (Å²) in [6.45, 7) is 3.68. The summed E-state index contributed by atoms with van der Waals surface area (Å²) in [5, 5.41) is 22.1. The van der Waals surface area contributed by atoms with Crippen molar-refractivity contribution in [3.63, 3.8) is 0 Å². The summed E-state index contributed by atoms with van der Waals surface area (Å²) >= 11 is 11.4. The monoisotopic (exact) mass is 555 g/mol. The number of alkyl halides is 6. The highest BCUT2D eigenvalue weighted by molar-refractivity contribution is 8.00. The van der Waals surface area contributed by atoms with Crippen LogP contribution in [0.3, 0.4) is 0 Å². The molecule has 0 fully saturated rings. The van der Waals surface area contributed by atoms with Crippen molar-refractivity contribution >= 4 is 53.2 Å². The van der Waals surface area contributed by atoms with Crippen molar-refractivity contribution in [2.45, 2.75) is 16.6 Å². The van der Waals surface area contributed by atoms with Crippen molar-refractivity contribution in [3.8, 4) is 23.3 Å². The number of ether oxygens (including phenoxy) is 1. The van der Waals surface area contributed by atoms with Gasteiger partial charge in [-0.15, -0.1) is 0 Å². The molecule has 2 aromatic carbocycles. The van der Waals surface area contributed by atoms with Crippen molar-refractivity contribution in [1.29, 1.82) is 5.26 Å². The zero-order valence-electron chi connectivity index (χ0n) is 17.2. The molecule has 0 bridgehead atoms. The average Bonchev–Trinajstić information content (AvgIpc) is 3.08. The highest BCUT2D eigenvalue weighted by atomic mass is 35.5. The molecule has 3 aromatic rings. The van der Waals surface area contributed by atoms with E-state index in [1.807, 2.05) is 0 Å². The standard InChI is InChI=1S/C20H10Cl2F6N4O2S/c1-31(10-3-4-15(34-2)14(33)7-10)18-17(35-20(26,27)28)13(8-29)30-32(18)16-11(21)5-9(6-12(16)22)19(23,24)25/h3-7H,1H2,2H3/p+1. The summed E-state index contributed by atoms with van der Waals surface area (Å²) in [6.07, 6.45) is -4.81. The minimum Gasteiger partial charge on any atom is -0.504 e. The van der Waals surface area contributed by atoms with Crippen LogP contribution in [0.25, 0.3) is 5.69 Å². The molecule has 0 saturated carbocycles. The number of aromatic nitrogens is 2. The first kappa shape index (κ1) is 26.5. The first-order valence-corrected chi connectivity index (χ1v) is 10.6. The third kappa shape index (κ3) is 5.44. The van der Waals surface area contributed by atoms with Gasteiger partial charge in [0.2, 0.25) is 5.69 Å². The molecule has 15 heteroatoms. The molecule has 0 aliphatic rings. The quantitative estimate of drug-likeness (QED) is 0.160. The average molecular weight is 556 g/mol. The Morgan fingerprint density at radius 1 is 1.14 bits per heavy atom. The normalized spacial score (nSPS) is 11.9. The van der Waals surface area contributed by atoms with Gasteiger partial charge in [-0.3, -0.25) is 0 Å². The van der Waals surface area contributed by atoms with Crippen LogP contribution in [0.4, 0.5) is 37.8 Å².